The van der Waals surface area contributed by atoms with E-state index in [4.69, 9.17) is 4.74 Å². The highest BCUT2D eigenvalue weighted by Gasteiger charge is 2.24. The second-order valence-electron chi connectivity index (χ2n) is 5.70. The molecule has 0 aliphatic carbocycles. The Morgan fingerprint density at radius 2 is 1.88 bits per heavy atom. The molecule has 6 nitrogen and oxygen atoms in total. The zero-order chi connectivity index (χ0) is 17.6. The summed E-state index contributed by atoms with van der Waals surface area (Å²) in [5.41, 5.74) is 1.42. The van der Waals surface area contributed by atoms with Gasteiger partial charge in [0.05, 0.1) is 23.6 Å². The molecule has 1 unspecified atom stereocenters. The topological polar surface area (TPSA) is 72.7 Å². The lowest BCUT2D eigenvalue weighted by atomic mass is 10.1. The Labute approximate surface area is 145 Å². The highest BCUT2D eigenvalue weighted by molar-refractivity contribution is 5.92. The van der Waals surface area contributed by atoms with Crippen LogP contribution in [0.2, 0.25) is 0 Å². The van der Waals surface area contributed by atoms with Crippen LogP contribution in [-0.2, 0) is 9.53 Å². The van der Waals surface area contributed by atoms with Crippen molar-refractivity contribution in [3.05, 3.63) is 81.9 Å². The van der Waals surface area contributed by atoms with E-state index in [1.807, 2.05) is 30.3 Å². The highest BCUT2D eigenvalue weighted by atomic mass is 16.6. The summed E-state index contributed by atoms with van der Waals surface area (Å²) in [5, 5.41) is 11.0. The van der Waals surface area contributed by atoms with Gasteiger partial charge in [-0.25, -0.2) is 0 Å². The molecular weight excluding hydrogens is 320 g/mol. The molecule has 3 rings (SSSR count). The van der Waals surface area contributed by atoms with Gasteiger partial charge in [0.25, 0.3) is 5.69 Å². The average Bonchev–Trinajstić information content (AvgIpc) is 2.67. The molecule has 0 saturated carbocycles. The van der Waals surface area contributed by atoms with Crippen LogP contribution in [-0.4, -0.2) is 35.4 Å². The molecule has 2 aromatic carbocycles. The Morgan fingerprint density at radius 1 is 1.16 bits per heavy atom. The number of hydrogen-bond acceptors (Lipinski definition) is 4. The second-order valence-corrected chi connectivity index (χ2v) is 5.70. The zero-order valence-electron chi connectivity index (χ0n) is 13.6. The van der Waals surface area contributed by atoms with Crippen LogP contribution >= 0.6 is 0 Å². The van der Waals surface area contributed by atoms with Crippen molar-refractivity contribution in [3.8, 4) is 0 Å². The minimum atomic E-state index is -0.454. The van der Waals surface area contributed by atoms with Gasteiger partial charge in [-0.15, -0.1) is 0 Å². The van der Waals surface area contributed by atoms with Gasteiger partial charge in [-0.1, -0.05) is 42.5 Å². The molecule has 6 heteroatoms. The van der Waals surface area contributed by atoms with Crippen molar-refractivity contribution in [1.29, 1.82) is 0 Å². The van der Waals surface area contributed by atoms with Crippen molar-refractivity contribution in [1.82, 2.24) is 4.90 Å². The summed E-state index contributed by atoms with van der Waals surface area (Å²) < 4.78 is 5.75. The molecule has 1 amide bonds. The van der Waals surface area contributed by atoms with Crippen LogP contribution in [0.5, 0.6) is 0 Å². The van der Waals surface area contributed by atoms with E-state index in [1.165, 1.54) is 18.2 Å². The van der Waals surface area contributed by atoms with Crippen LogP contribution in [0.15, 0.2) is 60.7 Å². The summed E-state index contributed by atoms with van der Waals surface area (Å²) in [6, 6.07) is 16.1. The maximum Gasteiger partial charge on any atom is 0.276 e. The van der Waals surface area contributed by atoms with E-state index in [0.717, 1.165) is 5.56 Å². The number of amides is 1. The zero-order valence-corrected chi connectivity index (χ0v) is 13.6. The summed E-state index contributed by atoms with van der Waals surface area (Å²) in [6.07, 6.45) is 2.72. The third-order valence-corrected chi connectivity index (χ3v) is 4.09. The molecule has 128 valence electrons. The Bertz CT molecular complexity index is 789. The van der Waals surface area contributed by atoms with Crippen molar-refractivity contribution in [2.75, 3.05) is 19.7 Å². The van der Waals surface area contributed by atoms with E-state index in [2.05, 4.69) is 0 Å². The lowest BCUT2D eigenvalue weighted by molar-refractivity contribution is -0.385. The number of benzene rings is 2. The van der Waals surface area contributed by atoms with Crippen LogP contribution in [0.4, 0.5) is 5.69 Å². The molecule has 0 N–H and O–H groups in total. The standard InChI is InChI=1S/C19H18N2O4/c22-19(11-10-15-6-4-5-9-17(15)21(23)24)20-12-13-25-18(14-20)16-7-2-1-3-8-16/h1-11,18H,12-14H2/b11-10+. The number of morpholine rings is 1. The number of nitro groups is 1. The fourth-order valence-electron chi connectivity index (χ4n) is 2.78. The molecule has 1 heterocycles. The first kappa shape index (κ1) is 16.9. The van der Waals surface area contributed by atoms with Gasteiger partial charge in [-0.3, -0.25) is 14.9 Å². The first-order chi connectivity index (χ1) is 12.1. The summed E-state index contributed by atoms with van der Waals surface area (Å²) >= 11 is 0. The molecule has 0 spiro atoms. The lowest BCUT2D eigenvalue weighted by Gasteiger charge is -2.32. The summed E-state index contributed by atoms with van der Waals surface area (Å²) in [4.78, 5) is 24.7. The van der Waals surface area contributed by atoms with Crippen molar-refractivity contribution in [3.63, 3.8) is 0 Å². The first-order valence-electron chi connectivity index (χ1n) is 8.02. The van der Waals surface area contributed by atoms with E-state index in [1.54, 1.807) is 23.1 Å². The fraction of sp³-hybridized carbons (Fsp3) is 0.211. The van der Waals surface area contributed by atoms with E-state index < -0.39 is 4.92 Å². The minimum absolute atomic E-state index is 0.0179. The molecule has 0 radical (unpaired) electrons. The number of para-hydroxylation sites is 1. The summed E-state index contributed by atoms with van der Waals surface area (Å²) in [7, 11) is 0. The quantitative estimate of drug-likeness (QED) is 0.487. The van der Waals surface area contributed by atoms with Crippen LogP contribution < -0.4 is 0 Å². The van der Waals surface area contributed by atoms with Gasteiger partial charge in [0, 0.05) is 18.7 Å². The van der Waals surface area contributed by atoms with Crippen molar-refractivity contribution in [2.45, 2.75) is 6.10 Å². The number of nitrogens with zero attached hydrogens (tertiary/aromatic N) is 2. The Morgan fingerprint density at radius 3 is 2.64 bits per heavy atom. The molecule has 0 aromatic heterocycles. The van der Waals surface area contributed by atoms with Crippen LogP contribution in [0, 0.1) is 10.1 Å². The predicted molar refractivity (Wildman–Crippen MR) is 93.8 cm³/mol. The van der Waals surface area contributed by atoms with Gasteiger partial charge in [-0.2, -0.15) is 0 Å². The normalized spacial score (nSPS) is 17.6. The maximum atomic E-state index is 12.4. The predicted octanol–water partition coefficient (Wildman–Crippen LogP) is 3.21. The lowest BCUT2D eigenvalue weighted by Crippen LogP contribution is -2.41. The summed E-state index contributed by atoms with van der Waals surface area (Å²) in [6.45, 7) is 1.43. The number of hydrogen-bond donors (Lipinski definition) is 0. The smallest absolute Gasteiger partial charge is 0.276 e. The largest absolute Gasteiger partial charge is 0.370 e. The van der Waals surface area contributed by atoms with Crippen molar-refractivity contribution >= 4 is 17.7 Å². The number of nitro benzene ring substituents is 1. The van der Waals surface area contributed by atoms with E-state index in [9.17, 15) is 14.9 Å². The Balaban J connectivity index is 1.70. The molecule has 1 atom stereocenters. The van der Waals surface area contributed by atoms with Crippen LogP contribution in [0.3, 0.4) is 0 Å². The number of carbonyl (C=O) groups is 1. The van der Waals surface area contributed by atoms with Gasteiger partial charge < -0.3 is 9.64 Å². The Kier molecular flexibility index (Phi) is 5.20. The fourth-order valence-corrected chi connectivity index (χ4v) is 2.78. The summed E-state index contributed by atoms with van der Waals surface area (Å²) in [5.74, 6) is -0.178. The molecule has 1 fully saturated rings. The van der Waals surface area contributed by atoms with Crippen LogP contribution in [0.1, 0.15) is 17.2 Å². The molecule has 1 saturated heterocycles. The van der Waals surface area contributed by atoms with Gasteiger partial charge >= 0.3 is 0 Å². The van der Waals surface area contributed by atoms with Gasteiger partial charge in [-0.05, 0) is 17.7 Å². The first-order valence-corrected chi connectivity index (χ1v) is 8.02. The number of carbonyl (C=O) groups excluding carboxylic acids is 1. The maximum absolute atomic E-state index is 12.4. The molecule has 1 aliphatic rings. The van der Waals surface area contributed by atoms with E-state index >= 15 is 0 Å². The monoisotopic (exact) mass is 338 g/mol. The third-order valence-electron chi connectivity index (χ3n) is 4.09. The Hall–Kier alpha value is -2.99. The van der Waals surface area contributed by atoms with Crippen molar-refractivity contribution < 1.29 is 14.5 Å². The van der Waals surface area contributed by atoms with Gasteiger partial charge in [0.1, 0.15) is 6.10 Å². The minimum Gasteiger partial charge on any atom is -0.370 e. The third kappa shape index (κ3) is 4.10. The number of ether oxygens (including phenoxy) is 1. The van der Waals surface area contributed by atoms with E-state index in [-0.39, 0.29) is 17.7 Å². The van der Waals surface area contributed by atoms with Gasteiger partial charge in [0.15, 0.2) is 0 Å². The van der Waals surface area contributed by atoms with Gasteiger partial charge in [0.2, 0.25) is 5.91 Å². The van der Waals surface area contributed by atoms with Crippen LogP contribution in [0.25, 0.3) is 6.08 Å². The van der Waals surface area contributed by atoms with E-state index in [0.29, 0.717) is 25.3 Å². The number of rotatable bonds is 4. The second kappa shape index (κ2) is 7.72. The molecule has 1 aliphatic heterocycles. The highest BCUT2D eigenvalue weighted by Crippen LogP contribution is 2.23. The van der Waals surface area contributed by atoms with Crippen molar-refractivity contribution in [2.24, 2.45) is 0 Å². The molecule has 2 aromatic rings. The average molecular weight is 338 g/mol. The molecule has 0 bridgehead atoms. The SMILES string of the molecule is O=C(/C=C/c1ccccc1[N+](=O)[O-])N1CCOC(c2ccccc2)C1. The molecular formula is C19H18N2O4. The molecule has 25 heavy (non-hydrogen) atoms.